The van der Waals surface area contributed by atoms with E-state index in [0.29, 0.717) is 6.54 Å². The predicted molar refractivity (Wildman–Crippen MR) is 136 cm³/mol. The highest BCUT2D eigenvalue weighted by Gasteiger charge is 2.17. The summed E-state index contributed by atoms with van der Waals surface area (Å²) in [6, 6.07) is 25.4. The third kappa shape index (κ3) is 4.75. The molecule has 0 aliphatic heterocycles. The van der Waals surface area contributed by atoms with Crippen molar-refractivity contribution < 1.29 is 4.92 Å². The lowest BCUT2D eigenvalue weighted by atomic mass is 9.90. The molecule has 0 spiro atoms. The monoisotopic (exact) mass is 468 g/mol. The molecule has 1 aromatic heterocycles. The average molecular weight is 469 g/mol. The zero-order valence-electron chi connectivity index (χ0n) is 18.6. The van der Waals surface area contributed by atoms with Gasteiger partial charge in [-0.05, 0) is 36.8 Å². The van der Waals surface area contributed by atoms with Crippen molar-refractivity contribution in [1.82, 2.24) is 4.68 Å². The second-order valence-corrected chi connectivity index (χ2v) is 9.03. The fourth-order valence-corrected chi connectivity index (χ4v) is 5.09. The van der Waals surface area contributed by atoms with Crippen LogP contribution in [0.15, 0.2) is 94.3 Å². The van der Waals surface area contributed by atoms with E-state index in [1.54, 1.807) is 12.1 Å². The minimum atomic E-state index is -0.366. The van der Waals surface area contributed by atoms with E-state index in [-0.39, 0.29) is 10.6 Å². The van der Waals surface area contributed by atoms with E-state index in [0.717, 1.165) is 47.5 Å². The second-order valence-electron chi connectivity index (χ2n) is 8.20. The third-order valence-electron chi connectivity index (χ3n) is 5.94. The standard InChI is InChI=1S/C27H24N4O2S/c32-31(33)23-13-6-12-22(18-23)26-19-34-27(28-17-16-20-8-2-1-3-9-20)30(26)29-25-15-7-11-21-10-4-5-14-24(21)25/h1-6,8-10,12-14,18-19H,7,11,15-17H2. The van der Waals surface area contributed by atoms with Crippen LogP contribution in [-0.2, 0) is 12.8 Å². The van der Waals surface area contributed by atoms with Crippen LogP contribution >= 0.6 is 11.3 Å². The molecular weight excluding hydrogens is 444 g/mol. The van der Waals surface area contributed by atoms with Gasteiger partial charge in [-0.1, -0.05) is 66.7 Å². The van der Waals surface area contributed by atoms with Crippen LogP contribution in [0.25, 0.3) is 11.3 Å². The van der Waals surface area contributed by atoms with Crippen molar-refractivity contribution in [2.45, 2.75) is 25.7 Å². The predicted octanol–water partition coefficient (Wildman–Crippen LogP) is 5.86. The van der Waals surface area contributed by atoms with Crippen LogP contribution < -0.4 is 4.80 Å². The van der Waals surface area contributed by atoms with Gasteiger partial charge in [-0.2, -0.15) is 5.10 Å². The maximum absolute atomic E-state index is 11.4. The number of nitro benzene ring substituents is 1. The van der Waals surface area contributed by atoms with Crippen LogP contribution in [0.4, 0.5) is 5.69 Å². The molecule has 5 rings (SSSR count). The zero-order chi connectivity index (χ0) is 23.3. The number of hydrogen-bond donors (Lipinski definition) is 0. The summed E-state index contributed by atoms with van der Waals surface area (Å²) in [5.74, 6) is 0. The topological polar surface area (TPSA) is 72.8 Å². The summed E-state index contributed by atoms with van der Waals surface area (Å²) in [6.07, 6.45) is 3.82. The molecule has 0 bridgehead atoms. The van der Waals surface area contributed by atoms with Gasteiger partial charge in [0.2, 0.25) is 4.80 Å². The molecule has 0 amide bonds. The highest BCUT2D eigenvalue weighted by molar-refractivity contribution is 7.07. The number of non-ortho nitro benzene ring substituents is 1. The molecule has 0 fully saturated rings. The van der Waals surface area contributed by atoms with E-state index in [9.17, 15) is 10.1 Å². The maximum Gasteiger partial charge on any atom is 0.270 e. The van der Waals surface area contributed by atoms with Gasteiger partial charge in [0.15, 0.2) is 0 Å². The number of thiazole rings is 1. The summed E-state index contributed by atoms with van der Waals surface area (Å²) in [4.78, 5) is 16.6. The van der Waals surface area contributed by atoms with Gasteiger partial charge in [0.05, 0.1) is 16.3 Å². The van der Waals surface area contributed by atoms with Gasteiger partial charge < -0.3 is 0 Å². The normalized spacial score (nSPS) is 14.8. The average Bonchev–Trinajstić information content (AvgIpc) is 3.27. The van der Waals surface area contributed by atoms with Gasteiger partial charge in [-0.25, -0.2) is 4.68 Å². The number of nitrogens with zero attached hydrogens (tertiary/aromatic N) is 4. The number of rotatable bonds is 6. The summed E-state index contributed by atoms with van der Waals surface area (Å²) < 4.78 is 1.87. The van der Waals surface area contributed by atoms with Crippen LogP contribution in [0.1, 0.15) is 29.5 Å². The van der Waals surface area contributed by atoms with Crippen molar-refractivity contribution in [2.24, 2.45) is 10.1 Å². The summed E-state index contributed by atoms with van der Waals surface area (Å²) in [5, 5.41) is 18.4. The SMILES string of the molecule is O=[N+]([O-])c1cccc(-c2csc(=NCCc3ccccc3)n2N=C2CCCc3ccccc32)c1. The number of nitro groups is 1. The van der Waals surface area contributed by atoms with Crippen molar-refractivity contribution in [3.63, 3.8) is 0 Å². The minimum absolute atomic E-state index is 0.0634. The lowest BCUT2D eigenvalue weighted by Gasteiger charge is -2.18. The van der Waals surface area contributed by atoms with Crippen LogP contribution in [0.5, 0.6) is 0 Å². The number of aryl methyl sites for hydroxylation is 1. The molecule has 1 aliphatic rings. The molecule has 3 aromatic carbocycles. The number of benzene rings is 3. The lowest BCUT2D eigenvalue weighted by molar-refractivity contribution is -0.384. The van der Waals surface area contributed by atoms with Crippen LogP contribution in [0.2, 0.25) is 0 Å². The van der Waals surface area contributed by atoms with Crippen molar-refractivity contribution in [3.8, 4) is 11.3 Å². The molecule has 1 aliphatic carbocycles. The van der Waals surface area contributed by atoms with Gasteiger partial charge in [-0.15, -0.1) is 11.3 Å². The van der Waals surface area contributed by atoms with Gasteiger partial charge in [0.1, 0.15) is 0 Å². The Hall–Kier alpha value is -3.84. The lowest BCUT2D eigenvalue weighted by Crippen LogP contribution is -2.19. The van der Waals surface area contributed by atoms with Crippen molar-refractivity contribution in [1.29, 1.82) is 0 Å². The molecule has 7 heteroatoms. The number of fused-ring (bicyclic) bond motifs is 1. The Balaban J connectivity index is 1.59. The van der Waals surface area contributed by atoms with Crippen molar-refractivity contribution in [3.05, 3.63) is 116 Å². The maximum atomic E-state index is 11.4. The number of hydrogen-bond acceptors (Lipinski definition) is 5. The van der Waals surface area contributed by atoms with Crippen LogP contribution in [0.3, 0.4) is 0 Å². The molecule has 0 atom stereocenters. The second kappa shape index (κ2) is 9.97. The van der Waals surface area contributed by atoms with Gasteiger partial charge in [0, 0.05) is 35.2 Å². The largest absolute Gasteiger partial charge is 0.270 e. The Morgan fingerprint density at radius 3 is 2.65 bits per heavy atom. The van der Waals surface area contributed by atoms with E-state index >= 15 is 0 Å². The molecular formula is C27H24N4O2S. The molecule has 0 unspecified atom stereocenters. The van der Waals surface area contributed by atoms with Crippen LogP contribution in [-0.4, -0.2) is 21.9 Å². The first-order chi connectivity index (χ1) is 16.7. The Morgan fingerprint density at radius 2 is 1.79 bits per heavy atom. The van der Waals surface area contributed by atoms with E-state index < -0.39 is 0 Å². The summed E-state index contributed by atoms with van der Waals surface area (Å²) in [5.41, 5.74) is 6.37. The molecule has 0 saturated carbocycles. The molecule has 0 radical (unpaired) electrons. The highest BCUT2D eigenvalue weighted by Crippen LogP contribution is 2.26. The summed E-state index contributed by atoms with van der Waals surface area (Å²) in [6.45, 7) is 0.639. The summed E-state index contributed by atoms with van der Waals surface area (Å²) in [7, 11) is 0. The first-order valence-electron chi connectivity index (χ1n) is 11.3. The minimum Gasteiger partial charge on any atom is -0.258 e. The van der Waals surface area contributed by atoms with Gasteiger partial charge in [-0.3, -0.25) is 15.1 Å². The fraction of sp³-hybridized carbons (Fsp3) is 0.185. The zero-order valence-corrected chi connectivity index (χ0v) is 19.4. The van der Waals surface area contributed by atoms with E-state index in [4.69, 9.17) is 10.1 Å². The number of aromatic nitrogens is 1. The van der Waals surface area contributed by atoms with E-state index in [1.165, 1.54) is 34.1 Å². The first kappa shape index (κ1) is 22.0. The molecule has 0 N–H and O–H groups in total. The Morgan fingerprint density at radius 1 is 0.971 bits per heavy atom. The molecule has 1 heterocycles. The van der Waals surface area contributed by atoms with Gasteiger partial charge in [0.25, 0.3) is 5.69 Å². The Bertz CT molecular complexity index is 1420. The molecule has 6 nitrogen and oxygen atoms in total. The quantitative estimate of drug-likeness (QED) is 0.263. The van der Waals surface area contributed by atoms with Crippen molar-refractivity contribution in [2.75, 3.05) is 6.54 Å². The molecule has 170 valence electrons. The Kier molecular flexibility index (Phi) is 6.44. The summed E-state index contributed by atoms with van der Waals surface area (Å²) >= 11 is 1.51. The van der Waals surface area contributed by atoms with E-state index in [1.807, 2.05) is 40.4 Å². The van der Waals surface area contributed by atoms with E-state index in [2.05, 4.69) is 30.3 Å². The molecule has 0 saturated heterocycles. The Labute approximate surface area is 201 Å². The first-order valence-corrected chi connectivity index (χ1v) is 12.2. The van der Waals surface area contributed by atoms with Gasteiger partial charge >= 0.3 is 0 Å². The molecule has 4 aromatic rings. The smallest absolute Gasteiger partial charge is 0.258 e. The fourth-order valence-electron chi connectivity index (χ4n) is 4.23. The van der Waals surface area contributed by atoms with Crippen molar-refractivity contribution >= 4 is 22.7 Å². The van der Waals surface area contributed by atoms with Crippen LogP contribution in [0, 0.1) is 10.1 Å². The highest BCUT2D eigenvalue weighted by atomic mass is 32.1. The third-order valence-corrected chi connectivity index (χ3v) is 6.79. The molecule has 34 heavy (non-hydrogen) atoms.